The van der Waals surface area contributed by atoms with Crippen molar-refractivity contribution < 1.29 is 28.5 Å². The Kier molecular flexibility index (Phi) is 10.7. The van der Waals surface area contributed by atoms with Crippen LogP contribution in [0.25, 0.3) is 17.0 Å². The van der Waals surface area contributed by atoms with Crippen molar-refractivity contribution >= 4 is 63.5 Å². The molecule has 264 valence electrons. The summed E-state index contributed by atoms with van der Waals surface area (Å²) >= 11 is 14.0. The number of ether oxygens (including phenoxy) is 4. The number of benzene rings is 3. The molecule has 0 radical (unpaired) electrons. The van der Waals surface area contributed by atoms with Crippen LogP contribution < -0.4 is 24.4 Å². The zero-order valence-electron chi connectivity index (χ0n) is 28.6. The highest BCUT2D eigenvalue weighted by Gasteiger charge is 2.34. The Morgan fingerprint density at radius 3 is 2.49 bits per heavy atom. The van der Waals surface area contributed by atoms with E-state index < -0.39 is 18.0 Å². The molecule has 0 aliphatic carbocycles. The largest absolute Gasteiger partial charge is 0.490 e. The van der Waals surface area contributed by atoms with Gasteiger partial charge in [-0.3, -0.25) is 9.36 Å². The molecule has 0 spiro atoms. The number of fused-ring (bicyclic) bond motifs is 2. The molecule has 10 nitrogen and oxygen atoms in total. The van der Waals surface area contributed by atoms with Crippen LogP contribution in [0.2, 0.25) is 10.0 Å². The highest BCUT2D eigenvalue weighted by molar-refractivity contribution is 7.07. The SMILES string of the molecule is CCOC(=O)C1=C(C)N=c2s/c(=C/c3c(C)n(Cc4ccc(Cl)cc4Cl)c4ccccc34)c(=O)n2[C@H]1c1ccc(OCC(=O)OC)c(OCC)c1. The Morgan fingerprint density at radius 1 is 0.980 bits per heavy atom. The number of para-hydroxylation sites is 1. The number of esters is 2. The van der Waals surface area contributed by atoms with Gasteiger partial charge in [-0.25, -0.2) is 14.6 Å². The fourth-order valence-electron chi connectivity index (χ4n) is 6.18. The molecule has 1 aliphatic heterocycles. The number of carbonyl (C=O) groups is 2. The molecule has 2 aromatic heterocycles. The molecule has 13 heteroatoms. The van der Waals surface area contributed by atoms with Crippen molar-refractivity contribution in [2.75, 3.05) is 26.9 Å². The third-order valence-corrected chi connectivity index (χ3v) is 10.1. The predicted octanol–water partition coefficient (Wildman–Crippen LogP) is 6.37. The number of allylic oxidation sites excluding steroid dienone is 1. The van der Waals surface area contributed by atoms with Gasteiger partial charge in [-0.15, -0.1) is 0 Å². The van der Waals surface area contributed by atoms with Gasteiger partial charge in [0.1, 0.15) is 0 Å². The van der Waals surface area contributed by atoms with Crippen LogP contribution in [0.5, 0.6) is 11.5 Å². The van der Waals surface area contributed by atoms with Crippen molar-refractivity contribution in [2.45, 2.75) is 40.3 Å². The molecule has 0 saturated carbocycles. The summed E-state index contributed by atoms with van der Waals surface area (Å²) in [5, 5.41) is 2.10. The van der Waals surface area contributed by atoms with E-state index in [0.29, 0.717) is 55.3 Å². The summed E-state index contributed by atoms with van der Waals surface area (Å²) < 4.78 is 25.9. The first-order chi connectivity index (χ1) is 24.6. The molecule has 1 atom stereocenters. The van der Waals surface area contributed by atoms with E-state index in [4.69, 9.17) is 47.1 Å². The molecule has 5 aromatic rings. The zero-order valence-corrected chi connectivity index (χ0v) is 30.9. The first-order valence-corrected chi connectivity index (χ1v) is 17.8. The average molecular weight is 749 g/mol. The van der Waals surface area contributed by atoms with Crippen molar-refractivity contribution in [3.8, 4) is 11.5 Å². The Hall–Kier alpha value is -4.84. The molecule has 3 aromatic carbocycles. The van der Waals surface area contributed by atoms with Crippen LogP contribution in [0.3, 0.4) is 0 Å². The number of methoxy groups -OCH3 is 1. The normalized spacial score (nSPS) is 14.3. The van der Waals surface area contributed by atoms with Crippen LogP contribution >= 0.6 is 34.5 Å². The quantitative estimate of drug-likeness (QED) is 0.145. The molecule has 6 rings (SSSR count). The van der Waals surface area contributed by atoms with Gasteiger partial charge in [0.2, 0.25) is 0 Å². The number of halogens is 2. The van der Waals surface area contributed by atoms with Gasteiger partial charge >= 0.3 is 11.9 Å². The lowest BCUT2D eigenvalue weighted by Crippen LogP contribution is -2.40. The summed E-state index contributed by atoms with van der Waals surface area (Å²) in [5.41, 5.74) is 4.63. The van der Waals surface area contributed by atoms with Gasteiger partial charge in [0.25, 0.3) is 5.56 Å². The van der Waals surface area contributed by atoms with Gasteiger partial charge in [-0.1, -0.05) is 64.9 Å². The standard InChI is InChI=1S/C38H35Cl2N3O7S/c1-6-48-31-16-23(13-15-30(31)50-20-33(44)47-5)35-34(37(46)49-7-2)21(3)41-38-43(35)36(45)32(51-38)18-27-22(4)42(29-11-9-8-10-26(27)29)19-24-12-14-25(39)17-28(24)40/h8-18,35H,6-7,19-20H2,1-5H3/b32-18+/t35-/m0/s1. The van der Waals surface area contributed by atoms with E-state index in [1.54, 1.807) is 38.1 Å². The Labute approximate surface area is 307 Å². The molecule has 1 aliphatic rings. The topological polar surface area (TPSA) is 110 Å². The lowest BCUT2D eigenvalue weighted by atomic mass is 9.95. The highest BCUT2D eigenvalue weighted by atomic mass is 35.5. The lowest BCUT2D eigenvalue weighted by Gasteiger charge is -2.25. The molecule has 0 saturated heterocycles. The van der Waals surface area contributed by atoms with Gasteiger partial charge in [0.05, 0.1) is 42.2 Å². The van der Waals surface area contributed by atoms with Crippen LogP contribution in [0.15, 0.2) is 81.7 Å². The maximum atomic E-state index is 14.5. The molecule has 51 heavy (non-hydrogen) atoms. The third-order valence-electron chi connectivity index (χ3n) is 8.57. The van der Waals surface area contributed by atoms with Gasteiger partial charge in [-0.05, 0) is 75.2 Å². The number of rotatable bonds is 11. The number of nitrogens with zero attached hydrogens (tertiary/aromatic N) is 3. The molecule has 0 bridgehead atoms. The summed E-state index contributed by atoms with van der Waals surface area (Å²) in [6, 6.07) is 17.6. The van der Waals surface area contributed by atoms with Crippen molar-refractivity contribution in [1.82, 2.24) is 9.13 Å². The van der Waals surface area contributed by atoms with Crippen molar-refractivity contribution in [3.05, 3.63) is 124 Å². The molecule has 0 unspecified atom stereocenters. The minimum absolute atomic E-state index is 0.141. The second-order valence-corrected chi connectivity index (χ2v) is 13.5. The number of carbonyl (C=O) groups excluding carboxylic acids is 2. The first-order valence-electron chi connectivity index (χ1n) is 16.2. The van der Waals surface area contributed by atoms with E-state index in [2.05, 4.69) is 4.57 Å². The molecule has 0 fully saturated rings. The summed E-state index contributed by atoms with van der Waals surface area (Å²) in [6.07, 6.45) is 1.89. The molecule has 0 amide bonds. The fraction of sp³-hybridized carbons (Fsp3) is 0.263. The highest BCUT2D eigenvalue weighted by Crippen LogP contribution is 2.37. The average Bonchev–Trinajstić information content (AvgIpc) is 3.56. The lowest BCUT2D eigenvalue weighted by molar-refractivity contribution is -0.143. The minimum Gasteiger partial charge on any atom is -0.490 e. The predicted molar refractivity (Wildman–Crippen MR) is 198 cm³/mol. The van der Waals surface area contributed by atoms with Crippen LogP contribution in [-0.2, 0) is 25.6 Å². The molecule has 0 N–H and O–H groups in total. The molecular formula is C38H35Cl2N3O7S. The van der Waals surface area contributed by atoms with Gasteiger partial charge in [0, 0.05) is 38.8 Å². The molecular weight excluding hydrogens is 713 g/mol. The van der Waals surface area contributed by atoms with E-state index in [1.807, 2.05) is 56.3 Å². The Bertz CT molecular complexity index is 2390. The summed E-state index contributed by atoms with van der Waals surface area (Å²) in [7, 11) is 1.27. The van der Waals surface area contributed by atoms with E-state index in [1.165, 1.54) is 23.0 Å². The smallest absolute Gasteiger partial charge is 0.343 e. The summed E-state index contributed by atoms with van der Waals surface area (Å²) in [4.78, 5) is 45.0. The zero-order chi connectivity index (χ0) is 36.4. The monoisotopic (exact) mass is 747 g/mol. The summed E-state index contributed by atoms with van der Waals surface area (Å²) in [6.45, 7) is 7.90. The Balaban J connectivity index is 1.51. The minimum atomic E-state index is -0.884. The first kappa shape index (κ1) is 36.0. The number of aromatic nitrogens is 2. The second-order valence-electron chi connectivity index (χ2n) is 11.6. The van der Waals surface area contributed by atoms with Crippen molar-refractivity contribution in [2.24, 2.45) is 4.99 Å². The maximum Gasteiger partial charge on any atom is 0.343 e. The Morgan fingerprint density at radius 2 is 1.76 bits per heavy atom. The van der Waals surface area contributed by atoms with Crippen molar-refractivity contribution in [1.29, 1.82) is 0 Å². The van der Waals surface area contributed by atoms with E-state index >= 15 is 0 Å². The van der Waals surface area contributed by atoms with Gasteiger partial charge in [-0.2, -0.15) is 0 Å². The van der Waals surface area contributed by atoms with Crippen LogP contribution in [0.1, 0.15) is 49.2 Å². The van der Waals surface area contributed by atoms with Gasteiger partial charge in [0.15, 0.2) is 22.9 Å². The maximum absolute atomic E-state index is 14.5. The number of hydrogen-bond donors (Lipinski definition) is 0. The third kappa shape index (κ3) is 7.06. The van der Waals surface area contributed by atoms with Crippen LogP contribution in [0.4, 0.5) is 0 Å². The van der Waals surface area contributed by atoms with E-state index in [9.17, 15) is 14.4 Å². The van der Waals surface area contributed by atoms with Crippen molar-refractivity contribution in [3.63, 3.8) is 0 Å². The van der Waals surface area contributed by atoms with E-state index in [-0.39, 0.29) is 24.3 Å². The fourth-order valence-corrected chi connectivity index (χ4v) is 7.68. The van der Waals surface area contributed by atoms with E-state index in [0.717, 1.165) is 27.7 Å². The van der Waals surface area contributed by atoms with Gasteiger partial charge < -0.3 is 23.5 Å². The number of thiazole rings is 1. The number of hydrogen-bond acceptors (Lipinski definition) is 9. The second kappa shape index (κ2) is 15.2. The summed E-state index contributed by atoms with van der Waals surface area (Å²) in [5.74, 6) is -0.489. The van der Waals surface area contributed by atoms with Crippen LogP contribution in [0, 0.1) is 6.92 Å². The molecule has 3 heterocycles. The van der Waals surface area contributed by atoms with Crippen LogP contribution in [-0.4, -0.2) is 48.0 Å².